The summed E-state index contributed by atoms with van der Waals surface area (Å²) in [6, 6.07) is 12.5. The standard InChI is InChI=1S/C29H28F2N6O3S2/c1-35(29-34-27(26(14-32)41-29)18-5-7-19(30)8-6-18)25-13-24(17-3-4-17)33-28-22(25)11-20(12-23(28)31)36-9-10-37(42(2,39)40)21(15-36)16-38/h5-8,11-13,17,21,38H,3-4,9-10,15-16H2,1-2H3/t21-/m0/s1. The van der Waals surface area contributed by atoms with Crippen LogP contribution in [0.4, 0.5) is 25.3 Å². The molecular weight excluding hydrogens is 582 g/mol. The second-order valence-corrected chi connectivity index (χ2v) is 13.6. The largest absolute Gasteiger partial charge is 0.395 e. The molecule has 2 aliphatic rings. The summed E-state index contributed by atoms with van der Waals surface area (Å²) in [6.45, 7) is 0.331. The highest BCUT2D eigenvalue weighted by Gasteiger charge is 2.33. The van der Waals surface area contributed by atoms with Crippen molar-refractivity contribution in [2.75, 3.05) is 49.3 Å². The Morgan fingerprint density at radius 1 is 1.14 bits per heavy atom. The molecule has 1 atom stereocenters. The van der Waals surface area contributed by atoms with Crippen molar-refractivity contribution in [1.82, 2.24) is 14.3 Å². The second kappa shape index (κ2) is 10.9. The van der Waals surface area contributed by atoms with E-state index < -0.39 is 21.9 Å². The van der Waals surface area contributed by atoms with Gasteiger partial charge in [0.1, 0.15) is 28.0 Å². The molecule has 1 N–H and O–H groups in total. The Bertz CT molecular complexity index is 1820. The van der Waals surface area contributed by atoms with Crippen LogP contribution in [-0.2, 0) is 10.0 Å². The van der Waals surface area contributed by atoms with Gasteiger partial charge in [0, 0.05) is 54.9 Å². The zero-order chi connectivity index (χ0) is 29.8. The summed E-state index contributed by atoms with van der Waals surface area (Å²) in [5, 5.41) is 20.8. The molecule has 6 rings (SSSR count). The first-order valence-electron chi connectivity index (χ1n) is 13.4. The van der Waals surface area contributed by atoms with Crippen molar-refractivity contribution in [3.8, 4) is 17.3 Å². The smallest absolute Gasteiger partial charge is 0.211 e. The van der Waals surface area contributed by atoms with Gasteiger partial charge in [-0.3, -0.25) is 0 Å². The van der Waals surface area contributed by atoms with Crippen LogP contribution in [0.5, 0.6) is 0 Å². The Morgan fingerprint density at radius 2 is 1.88 bits per heavy atom. The lowest BCUT2D eigenvalue weighted by Gasteiger charge is -2.40. The maximum absolute atomic E-state index is 15.8. The van der Waals surface area contributed by atoms with E-state index in [1.165, 1.54) is 33.8 Å². The lowest BCUT2D eigenvalue weighted by molar-refractivity contribution is 0.176. The number of sulfonamides is 1. The number of nitriles is 1. The number of nitrogens with zero attached hydrogens (tertiary/aromatic N) is 6. The van der Waals surface area contributed by atoms with E-state index in [9.17, 15) is 23.2 Å². The molecule has 4 aromatic rings. The van der Waals surface area contributed by atoms with Crippen LogP contribution in [0.25, 0.3) is 22.2 Å². The Labute approximate surface area is 246 Å². The Balaban J connectivity index is 1.43. The van der Waals surface area contributed by atoms with E-state index in [2.05, 4.69) is 11.1 Å². The molecule has 1 aliphatic carbocycles. The lowest BCUT2D eigenvalue weighted by Crippen LogP contribution is -2.56. The number of halogens is 2. The van der Waals surface area contributed by atoms with Crippen LogP contribution in [0.3, 0.4) is 0 Å². The van der Waals surface area contributed by atoms with Gasteiger partial charge in [-0.05, 0) is 55.3 Å². The van der Waals surface area contributed by atoms with Crippen LogP contribution in [-0.4, -0.2) is 73.4 Å². The van der Waals surface area contributed by atoms with Crippen molar-refractivity contribution >= 4 is 48.8 Å². The minimum Gasteiger partial charge on any atom is -0.395 e. The lowest BCUT2D eigenvalue weighted by atomic mass is 10.1. The van der Waals surface area contributed by atoms with E-state index in [0.717, 1.165) is 24.8 Å². The summed E-state index contributed by atoms with van der Waals surface area (Å²) in [7, 11) is -1.71. The third-order valence-electron chi connectivity index (χ3n) is 7.76. The summed E-state index contributed by atoms with van der Waals surface area (Å²) >= 11 is 1.19. The number of pyridine rings is 1. The highest BCUT2D eigenvalue weighted by atomic mass is 32.2. The molecule has 218 valence electrons. The van der Waals surface area contributed by atoms with Gasteiger partial charge >= 0.3 is 0 Å². The summed E-state index contributed by atoms with van der Waals surface area (Å²) in [4.78, 5) is 13.5. The van der Waals surface area contributed by atoms with Crippen LogP contribution in [0.2, 0.25) is 0 Å². The van der Waals surface area contributed by atoms with Gasteiger partial charge in [0.25, 0.3) is 0 Å². The average Bonchev–Trinajstić information content (AvgIpc) is 3.74. The van der Waals surface area contributed by atoms with Gasteiger partial charge in [0.15, 0.2) is 10.9 Å². The fourth-order valence-corrected chi connectivity index (χ4v) is 7.36. The highest BCUT2D eigenvalue weighted by molar-refractivity contribution is 7.88. The maximum atomic E-state index is 15.8. The Kier molecular flexibility index (Phi) is 7.34. The Morgan fingerprint density at radius 3 is 2.52 bits per heavy atom. The van der Waals surface area contributed by atoms with E-state index in [1.807, 2.05) is 21.9 Å². The van der Waals surface area contributed by atoms with Crippen molar-refractivity contribution in [3.05, 3.63) is 64.7 Å². The molecule has 0 bridgehead atoms. The van der Waals surface area contributed by atoms with Gasteiger partial charge in [-0.1, -0.05) is 11.3 Å². The van der Waals surface area contributed by atoms with Crippen molar-refractivity contribution in [2.24, 2.45) is 0 Å². The third kappa shape index (κ3) is 5.31. The molecule has 0 unspecified atom stereocenters. The number of hydrogen-bond donors (Lipinski definition) is 1. The number of thiazole rings is 1. The first-order chi connectivity index (χ1) is 20.1. The van der Waals surface area contributed by atoms with E-state index in [4.69, 9.17) is 4.98 Å². The number of anilines is 3. The Hall–Kier alpha value is -3.70. The third-order valence-corrected chi connectivity index (χ3v) is 10.1. The summed E-state index contributed by atoms with van der Waals surface area (Å²) in [5.41, 5.74) is 3.27. The van der Waals surface area contributed by atoms with Crippen LogP contribution in [0, 0.1) is 23.0 Å². The molecule has 1 aliphatic heterocycles. The monoisotopic (exact) mass is 610 g/mol. The summed E-state index contributed by atoms with van der Waals surface area (Å²) in [6.07, 6.45) is 3.06. The predicted molar refractivity (Wildman–Crippen MR) is 159 cm³/mol. The number of aliphatic hydroxyl groups is 1. The topological polar surface area (TPSA) is 114 Å². The zero-order valence-corrected chi connectivity index (χ0v) is 24.6. The molecule has 2 aromatic heterocycles. The van der Waals surface area contributed by atoms with Crippen molar-refractivity contribution in [3.63, 3.8) is 0 Å². The number of aliphatic hydroxyl groups excluding tert-OH is 1. The molecule has 2 aromatic carbocycles. The van der Waals surface area contributed by atoms with Crippen LogP contribution >= 0.6 is 11.3 Å². The van der Waals surface area contributed by atoms with Crippen molar-refractivity contribution in [1.29, 1.82) is 5.26 Å². The van der Waals surface area contributed by atoms with Gasteiger partial charge in [-0.25, -0.2) is 27.2 Å². The molecule has 42 heavy (non-hydrogen) atoms. The molecular formula is C29H28F2N6O3S2. The maximum Gasteiger partial charge on any atom is 0.211 e. The van der Waals surface area contributed by atoms with Crippen LogP contribution in [0.15, 0.2) is 42.5 Å². The van der Waals surface area contributed by atoms with Crippen LogP contribution < -0.4 is 9.80 Å². The number of rotatable bonds is 7. The molecule has 2 fully saturated rings. The van der Waals surface area contributed by atoms with Crippen molar-refractivity contribution < 1.29 is 22.3 Å². The van der Waals surface area contributed by atoms with Gasteiger partial charge in [0.2, 0.25) is 10.0 Å². The van der Waals surface area contributed by atoms with Crippen LogP contribution in [0.1, 0.15) is 29.3 Å². The number of hydrogen-bond acceptors (Lipinski definition) is 9. The van der Waals surface area contributed by atoms with E-state index in [0.29, 0.717) is 44.6 Å². The fourth-order valence-electron chi connectivity index (χ4n) is 5.41. The number of piperazine rings is 1. The number of aromatic nitrogens is 2. The molecule has 3 heterocycles. The average molecular weight is 611 g/mol. The van der Waals surface area contributed by atoms with E-state index >= 15 is 4.39 Å². The molecule has 13 heteroatoms. The molecule has 9 nitrogen and oxygen atoms in total. The minimum atomic E-state index is -3.51. The highest BCUT2D eigenvalue weighted by Crippen LogP contribution is 2.44. The summed E-state index contributed by atoms with van der Waals surface area (Å²) < 4.78 is 55.0. The molecule has 0 amide bonds. The van der Waals surface area contributed by atoms with Gasteiger partial charge in [0.05, 0.1) is 24.6 Å². The minimum absolute atomic E-state index is 0.164. The van der Waals surface area contributed by atoms with Gasteiger partial charge < -0.3 is 14.9 Å². The molecule has 1 saturated carbocycles. The molecule has 0 spiro atoms. The number of fused-ring (bicyclic) bond motifs is 1. The molecule has 0 radical (unpaired) electrons. The summed E-state index contributed by atoms with van der Waals surface area (Å²) in [5.74, 6) is -0.646. The first-order valence-corrected chi connectivity index (χ1v) is 16.1. The predicted octanol–water partition coefficient (Wildman–Crippen LogP) is 4.60. The van der Waals surface area contributed by atoms with E-state index in [1.54, 1.807) is 19.2 Å². The fraction of sp³-hybridized carbons (Fsp3) is 0.345. The van der Waals surface area contributed by atoms with Gasteiger partial charge in [-0.15, -0.1) is 0 Å². The van der Waals surface area contributed by atoms with Crippen molar-refractivity contribution in [2.45, 2.75) is 24.8 Å². The SMILES string of the molecule is CN(c1nc(-c2ccc(F)cc2)c(C#N)s1)c1cc(C2CC2)nc2c(F)cc(N3CCN(S(C)(=O)=O)[C@H](CO)C3)cc12. The normalized spacial score (nSPS) is 17.9. The second-order valence-electron chi connectivity index (χ2n) is 10.7. The molecule has 1 saturated heterocycles. The quantitative estimate of drug-likeness (QED) is 0.323. The van der Waals surface area contributed by atoms with Gasteiger partial charge in [-0.2, -0.15) is 9.57 Å². The zero-order valence-electron chi connectivity index (χ0n) is 23.0. The first kappa shape index (κ1) is 28.4. The number of benzene rings is 2. The van der Waals surface area contributed by atoms with E-state index in [-0.39, 0.29) is 36.9 Å².